The van der Waals surface area contributed by atoms with Crippen molar-refractivity contribution in [2.24, 2.45) is 0 Å². The van der Waals surface area contributed by atoms with Crippen LogP contribution >= 0.6 is 23.1 Å². The summed E-state index contributed by atoms with van der Waals surface area (Å²) in [6, 6.07) is 24.8. The third-order valence-electron chi connectivity index (χ3n) is 4.55. The molecule has 3 aromatic carbocycles. The number of fused-ring (bicyclic) bond motifs is 1. The van der Waals surface area contributed by atoms with Gasteiger partial charge in [0.1, 0.15) is 11.3 Å². The van der Waals surface area contributed by atoms with Crippen molar-refractivity contribution < 1.29 is 14.3 Å². The minimum Gasteiger partial charge on any atom is -0.508 e. The molecule has 0 aliphatic rings. The number of phenols is 1. The summed E-state index contributed by atoms with van der Waals surface area (Å²) in [5.41, 5.74) is 2.19. The van der Waals surface area contributed by atoms with Crippen LogP contribution in [0.5, 0.6) is 5.75 Å². The van der Waals surface area contributed by atoms with Crippen LogP contribution < -0.4 is 0 Å². The van der Waals surface area contributed by atoms with Crippen molar-refractivity contribution in [3.63, 3.8) is 0 Å². The zero-order chi connectivity index (χ0) is 20.5. The number of hydrogen-bond donors (Lipinski definition) is 1. The zero-order valence-corrected chi connectivity index (χ0v) is 17.2. The van der Waals surface area contributed by atoms with Crippen LogP contribution in [0.2, 0.25) is 0 Å². The number of benzene rings is 3. The van der Waals surface area contributed by atoms with Crippen LogP contribution in [0.4, 0.5) is 0 Å². The Hall–Kier alpha value is -3.35. The van der Waals surface area contributed by atoms with Gasteiger partial charge in [-0.25, -0.2) is 4.98 Å². The van der Waals surface area contributed by atoms with E-state index in [1.807, 2.05) is 35.7 Å². The van der Waals surface area contributed by atoms with Crippen LogP contribution in [-0.2, 0) is 0 Å². The second kappa shape index (κ2) is 7.82. The number of hydrogen-bond acceptors (Lipinski definition) is 6. The van der Waals surface area contributed by atoms with Crippen LogP contribution in [0.15, 0.2) is 98.5 Å². The summed E-state index contributed by atoms with van der Waals surface area (Å²) in [5.74, 6) is 0.0468. The molecule has 0 aliphatic carbocycles. The number of nitrogens with zero attached hydrogens (tertiary/aromatic N) is 1. The highest BCUT2D eigenvalue weighted by Gasteiger charge is 2.19. The minimum absolute atomic E-state index is 0.0984. The van der Waals surface area contributed by atoms with Crippen molar-refractivity contribution in [1.29, 1.82) is 0 Å². The van der Waals surface area contributed by atoms with Gasteiger partial charge in [-0.1, -0.05) is 42.1 Å². The van der Waals surface area contributed by atoms with Crippen molar-refractivity contribution >= 4 is 39.9 Å². The van der Waals surface area contributed by atoms with E-state index in [0.717, 1.165) is 21.5 Å². The van der Waals surface area contributed by atoms with Gasteiger partial charge in [0.05, 0.1) is 5.69 Å². The Bertz CT molecular complexity index is 1340. The molecular weight excluding hydrogens is 414 g/mol. The normalized spacial score (nSPS) is 11.1. The molecule has 146 valence electrons. The Morgan fingerprint density at radius 3 is 2.50 bits per heavy atom. The lowest BCUT2D eigenvalue weighted by molar-refractivity contribution is 0.101. The number of aromatic nitrogens is 1. The predicted octanol–water partition coefficient (Wildman–Crippen LogP) is 6.64. The number of ketones is 1. The van der Waals surface area contributed by atoms with Crippen molar-refractivity contribution in [2.75, 3.05) is 0 Å². The number of rotatable bonds is 5. The molecule has 5 aromatic rings. The average molecular weight is 430 g/mol. The molecule has 2 heterocycles. The van der Waals surface area contributed by atoms with Gasteiger partial charge in [-0.2, -0.15) is 0 Å². The first-order chi connectivity index (χ1) is 14.7. The maximum absolute atomic E-state index is 12.8. The molecule has 0 unspecified atom stereocenters. The summed E-state index contributed by atoms with van der Waals surface area (Å²) in [4.78, 5) is 19.6. The van der Waals surface area contributed by atoms with Crippen LogP contribution in [0.3, 0.4) is 0 Å². The minimum atomic E-state index is -0.266. The topological polar surface area (TPSA) is 63.3 Å². The number of thiazole rings is 1. The van der Waals surface area contributed by atoms with E-state index < -0.39 is 0 Å². The molecule has 4 nitrogen and oxygen atoms in total. The van der Waals surface area contributed by atoms with Crippen LogP contribution in [0, 0.1) is 0 Å². The summed E-state index contributed by atoms with van der Waals surface area (Å²) < 4.78 is 5.61. The van der Waals surface area contributed by atoms with E-state index in [1.54, 1.807) is 30.0 Å². The number of phenolic OH excluding ortho intramolecular Hbond substituents is 1. The summed E-state index contributed by atoms with van der Waals surface area (Å²) in [7, 11) is 0. The number of carbonyl (C=O) groups excluding carboxylic acids is 1. The largest absolute Gasteiger partial charge is 0.508 e. The highest BCUT2D eigenvalue weighted by atomic mass is 32.2. The van der Waals surface area contributed by atoms with Crippen molar-refractivity contribution in [1.82, 2.24) is 4.98 Å². The van der Waals surface area contributed by atoms with Gasteiger partial charge in [-0.05, 0) is 42.5 Å². The summed E-state index contributed by atoms with van der Waals surface area (Å²) >= 11 is 2.99. The quantitative estimate of drug-likeness (QED) is 0.317. The van der Waals surface area contributed by atoms with Crippen molar-refractivity contribution in [3.8, 4) is 17.0 Å². The van der Waals surface area contributed by atoms with Crippen molar-refractivity contribution in [3.05, 3.63) is 95.0 Å². The molecule has 0 spiro atoms. The molecule has 0 amide bonds. The van der Waals surface area contributed by atoms with Gasteiger partial charge in [0, 0.05) is 32.2 Å². The Kier molecular flexibility index (Phi) is 4.86. The van der Waals surface area contributed by atoms with E-state index in [2.05, 4.69) is 29.2 Å². The highest BCUT2D eigenvalue weighted by molar-refractivity contribution is 7.99. The second-order valence-electron chi connectivity index (χ2n) is 6.64. The standard InChI is InChI=1S/C24H15NO3S2/c26-17-9-6-16-12-22(28-21(16)13-17)23(27)24-25-20(14-29-24)15-7-10-19(11-8-15)30-18-4-2-1-3-5-18/h1-14,26H. The Balaban J connectivity index is 1.36. The molecule has 0 radical (unpaired) electrons. The fourth-order valence-electron chi connectivity index (χ4n) is 3.07. The van der Waals surface area contributed by atoms with E-state index in [9.17, 15) is 9.90 Å². The third-order valence-corrected chi connectivity index (χ3v) is 6.41. The SMILES string of the molecule is O=C(c1cc2ccc(O)cc2o1)c1nc(-c2ccc(Sc3ccccc3)cc2)cs1. The third kappa shape index (κ3) is 3.75. The average Bonchev–Trinajstić information content (AvgIpc) is 3.42. The molecule has 5 rings (SSSR count). The number of aromatic hydroxyl groups is 1. The molecular formula is C24H15NO3S2. The first-order valence-electron chi connectivity index (χ1n) is 9.22. The Morgan fingerprint density at radius 1 is 0.933 bits per heavy atom. The summed E-state index contributed by atoms with van der Waals surface area (Å²) in [6.07, 6.45) is 0. The molecule has 0 atom stereocenters. The number of furan rings is 1. The lowest BCUT2D eigenvalue weighted by atomic mass is 10.2. The van der Waals surface area contributed by atoms with E-state index in [4.69, 9.17) is 4.42 Å². The van der Waals surface area contributed by atoms with E-state index in [1.165, 1.54) is 22.3 Å². The molecule has 30 heavy (non-hydrogen) atoms. The van der Waals surface area contributed by atoms with Gasteiger partial charge >= 0.3 is 0 Å². The molecule has 0 saturated heterocycles. The monoisotopic (exact) mass is 429 g/mol. The maximum atomic E-state index is 12.8. The van der Waals surface area contributed by atoms with Crippen LogP contribution in [-0.4, -0.2) is 15.9 Å². The zero-order valence-electron chi connectivity index (χ0n) is 15.6. The smallest absolute Gasteiger partial charge is 0.256 e. The molecule has 2 aromatic heterocycles. The van der Waals surface area contributed by atoms with Gasteiger partial charge in [-0.3, -0.25) is 4.79 Å². The lowest BCUT2D eigenvalue weighted by Gasteiger charge is -2.02. The lowest BCUT2D eigenvalue weighted by Crippen LogP contribution is -1.98. The van der Waals surface area contributed by atoms with E-state index >= 15 is 0 Å². The van der Waals surface area contributed by atoms with E-state index in [-0.39, 0.29) is 17.3 Å². The molecule has 0 bridgehead atoms. The van der Waals surface area contributed by atoms with Gasteiger partial charge in [-0.15, -0.1) is 11.3 Å². The summed E-state index contributed by atoms with van der Waals surface area (Å²) in [6.45, 7) is 0. The fraction of sp³-hybridized carbons (Fsp3) is 0. The van der Waals surface area contributed by atoms with Gasteiger partial charge in [0.15, 0.2) is 10.8 Å². The Labute approximate surface area is 180 Å². The van der Waals surface area contributed by atoms with Crippen LogP contribution in [0.1, 0.15) is 15.6 Å². The molecule has 0 saturated carbocycles. The van der Waals surface area contributed by atoms with Gasteiger partial charge in [0.2, 0.25) is 0 Å². The molecule has 6 heteroatoms. The van der Waals surface area contributed by atoms with Gasteiger partial charge < -0.3 is 9.52 Å². The summed E-state index contributed by atoms with van der Waals surface area (Å²) in [5, 5.41) is 12.6. The molecule has 1 N–H and O–H groups in total. The van der Waals surface area contributed by atoms with Crippen molar-refractivity contribution in [2.45, 2.75) is 9.79 Å². The highest BCUT2D eigenvalue weighted by Crippen LogP contribution is 2.31. The number of carbonyl (C=O) groups is 1. The van der Waals surface area contributed by atoms with Gasteiger partial charge in [0.25, 0.3) is 5.78 Å². The molecule has 0 fully saturated rings. The predicted molar refractivity (Wildman–Crippen MR) is 119 cm³/mol. The fourth-order valence-corrected chi connectivity index (χ4v) is 4.67. The maximum Gasteiger partial charge on any atom is 0.256 e. The molecule has 0 aliphatic heterocycles. The van der Waals surface area contributed by atoms with E-state index in [0.29, 0.717) is 10.6 Å². The first-order valence-corrected chi connectivity index (χ1v) is 10.9. The first kappa shape index (κ1) is 18.7. The second-order valence-corrected chi connectivity index (χ2v) is 8.64. The Morgan fingerprint density at radius 2 is 1.70 bits per heavy atom. The van der Waals surface area contributed by atoms with Crippen LogP contribution in [0.25, 0.3) is 22.2 Å².